The number of esters is 2. The van der Waals surface area contributed by atoms with Crippen molar-refractivity contribution in [2.75, 3.05) is 13.2 Å². The number of ether oxygens (including phenoxy) is 2. The van der Waals surface area contributed by atoms with Crippen LogP contribution in [0, 0.1) is 0 Å². The van der Waals surface area contributed by atoms with Gasteiger partial charge >= 0.3 is 11.9 Å². The van der Waals surface area contributed by atoms with Gasteiger partial charge in [0.25, 0.3) is 0 Å². The molecule has 1 aliphatic rings. The van der Waals surface area contributed by atoms with Crippen molar-refractivity contribution in [2.45, 2.75) is 26.7 Å². The van der Waals surface area contributed by atoms with E-state index in [1.54, 1.807) is 13.8 Å². The average Bonchev–Trinajstić information content (AvgIpc) is 2.44. The maximum absolute atomic E-state index is 11.7. The van der Waals surface area contributed by atoms with Crippen molar-refractivity contribution < 1.29 is 28.7 Å². The first-order chi connectivity index (χ1) is 9.51. The van der Waals surface area contributed by atoms with Crippen molar-refractivity contribution in [3.05, 3.63) is 23.3 Å². The third-order valence-corrected chi connectivity index (χ3v) is 2.40. The van der Waals surface area contributed by atoms with E-state index >= 15 is 0 Å². The summed E-state index contributed by atoms with van der Waals surface area (Å²) in [6.45, 7) is 3.92. The molecule has 1 aliphatic carbocycles. The summed E-state index contributed by atoms with van der Waals surface area (Å²) < 4.78 is 9.57. The Bertz CT molecular complexity index is 452. The van der Waals surface area contributed by atoms with E-state index < -0.39 is 23.5 Å². The summed E-state index contributed by atoms with van der Waals surface area (Å²) >= 11 is 0. The van der Waals surface area contributed by atoms with Gasteiger partial charge in [0, 0.05) is 12.2 Å². The molecular weight excluding hydrogens is 264 g/mol. The molecule has 0 spiro atoms. The van der Waals surface area contributed by atoms with Crippen molar-refractivity contribution in [3.63, 3.8) is 0 Å². The van der Waals surface area contributed by atoms with E-state index in [1.165, 1.54) is 0 Å². The molecule has 1 rings (SSSR count). The van der Waals surface area contributed by atoms with Crippen LogP contribution in [0.15, 0.2) is 23.3 Å². The topological polar surface area (TPSA) is 86.7 Å². The van der Waals surface area contributed by atoms with Crippen molar-refractivity contribution in [3.8, 4) is 0 Å². The van der Waals surface area contributed by atoms with Crippen LogP contribution in [0.5, 0.6) is 0 Å². The summed E-state index contributed by atoms with van der Waals surface area (Å²) in [5.41, 5.74) is -0.731. The summed E-state index contributed by atoms with van der Waals surface area (Å²) in [5.74, 6) is -3.17. The number of ketones is 2. The molecule has 0 atom stereocenters. The van der Waals surface area contributed by atoms with E-state index in [4.69, 9.17) is 9.47 Å². The number of carbonyl (C=O) groups excluding carboxylic acids is 4. The molecule has 0 aromatic heterocycles. The Morgan fingerprint density at radius 3 is 1.50 bits per heavy atom. The Hall–Kier alpha value is -2.24. The minimum atomic E-state index is -0.859. The average molecular weight is 280 g/mol. The Morgan fingerprint density at radius 2 is 1.20 bits per heavy atom. The lowest BCUT2D eigenvalue weighted by Gasteiger charge is -2.11. The summed E-state index contributed by atoms with van der Waals surface area (Å²) in [4.78, 5) is 46.6. The molecule has 0 saturated carbocycles. The third-order valence-electron chi connectivity index (χ3n) is 2.40. The minimum Gasteiger partial charge on any atom is -0.462 e. The molecule has 108 valence electrons. The van der Waals surface area contributed by atoms with Crippen LogP contribution in [-0.4, -0.2) is 36.7 Å². The first kappa shape index (κ1) is 15.8. The number of hydrogen-bond donors (Lipinski definition) is 0. The van der Waals surface area contributed by atoms with Crippen LogP contribution in [0.2, 0.25) is 0 Å². The van der Waals surface area contributed by atoms with Crippen molar-refractivity contribution in [1.82, 2.24) is 0 Å². The highest BCUT2D eigenvalue weighted by Crippen LogP contribution is 2.15. The van der Waals surface area contributed by atoms with E-state index in [0.717, 1.165) is 12.2 Å². The monoisotopic (exact) mass is 280 g/mol. The number of hydrogen-bond acceptors (Lipinski definition) is 6. The Labute approximate surface area is 116 Å². The molecule has 6 heteroatoms. The van der Waals surface area contributed by atoms with E-state index in [0.29, 0.717) is 12.8 Å². The molecule has 0 bridgehead atoms. The molecule has 0 heterocycles. The number of allylic oxidation sites excluding steroid dienone is 2. The molecule has 0 aromatic carbocycles. The second kappa shape index (κ2) is 7.37. The first-order valence-electron chi connectivity index (χ1n) is 6.37. The standard InChI is InChI=1S/C14H16O6/c1-3-5-19-13(17)9-7-12(16)10(8-11(9)15)14(18)20-6-4-2/h7-8H,3-6H2,1-2H3. The lowest BCUT2D eigenvalue weighted by atomic mass is 9.97. The minimum absolute atomic E-state index is 0.159. The first-order valence-corrected chi connectivity index (χ1v) is 6.37. The van der Waals surface area contributed by atoms with Gasteiger partial charge in [-0.3, -0.25) is 9.59 Å². The number of rotatable bonds is 6. The second-order valence-corrected chi connectivity index (χ2v) is 4.12. The maximum Gasteiger partial charge on any atom is 0.342 e. The van der Waals surface area contributed by atoms with Gasteiger partial charge in [-0.05, 0) is 12.8 Å². The van der Waals surface area contributed by atoms with Gasteiger partial charge in [0.1, 0.15) is 11.1 Å². The third kappa shape index (κ3) is 3.88. The zero-order valence-electron chi connectivity index (χ0n) is 11.4. The molecule has 0 radical (unpaired) electrons. The molecular formula is C14H16O6. The van der Waals surface area contributed by atoms with Crippen molar-refractivity contribution >= 4 is 23.5 Å². The Kier molecular flexibility index (Phi) is 5.83. The highest BCUT2D eigenvalue weighted by molar-refractivity contribution is 6.35. The summed E-state index contributed by atoms with van der Waals surface area (Å²) in [7, 11) is 0. The van der Waals surface area contributed by atoms with Gasteiger partial charge in [-0.1, -0.05) is 13.8 Å². The second-order valence-electron chi connectivity index (χ2n) is 4.12. The van der Waals surface area contributed by atoms with Crippen LogP contribution in [0.25, 0.3) is 0 Å². The molecule has 0 fully saturated rings. The largest absolute Gasteiger partial charge is 0.462 e. The van der Waals surface area contributed by atoms with Gasteiger partial charge in [0.15, 0.2) is 11.6 Å². The van der Waals surface area contributed by atoms with E-state index in [2.05, 4.69) is 0 Å². The molecule has 6 nitrogen and oxygen atoms in total. The molecule has 20 heavy (non-hydrogen) atoms. The fraction of sp³-hybridized carbons (Fsp3) is 0.429. The fourth-order valence-electron chi connectivity index (χ4n) is 1.42. The smallest absolute Gasteiger partial charge is 0.342 e. The molecule has 0 aliphatic heterocycles. The highest BCUT2D eigenvalue weighted by atomic mass is 16.5. The van der Waals surface area contributed by atoms with Gasteiger partial charge in [-0.25, -0.2) is 9.59 Å². The number of carbonyl (C=O) groups is 4. The zero-order valence-corrected chi connectivity index (χ0v) is 11.4. The molecule has 0 N–H and O–H groups in total. The predicted molar refractivity (Wildman–Crippen MR) is 68.7 cm³/mol. The predicted octanol–water partition coefficient (Wildman–Crippen LogP) is 0.897. The quantitative estimate of drug-likeness (QED) is 0.408. The SMILES string of the molecule is CCCOC(=O)C1=CC(=O)C(C(=O)OCCC)=CC1=O. The molecule has 0 unspecified atom stereocenters. The van der Waals surface area contributed by atoms with Crippen LogP contribution < -0.4 is 0 Å². The van der Waals surface area contributed by atoms with E-state index in [9.17, 15) is 19.2 Å². The Balaban J connectivity index is 2.81. The van der Waals surface area contributed by atoms with Crippen molar-refractivity contribution in [1.29, 1.82) is 0 Å². The van der Waals surface area contributed by atoms with E-state index in [-0.39, 0.29) is 24.4 Å². The highest BCUT2D eigenvalue weighted by Gasteiger charge is 2.30. The molecule has 0 amide bonds. The Morgan fingerprint density at radius 1 is 0.850 bits per heavy atom. The lowest BCUT2D eigenvalue weighted by Crippen LogP contribution is -2.25. The summed E-state index contributed by atoms with van der Waals surface area (Å²) in [6.07, 6.45) is 2.85. The molecule has 0 aromatic rings. The van der Waals surface area contributed by atoms with Crippen molar-refractivity contribution in [2.24, 2.45) is 0 Å². The zero-order chi connectivity index (χ0) is 15.1. The van der Waals surface area contributed by atoms with Gasteiger partial charge in [-0.15, -0.1) is 0 Å². The van der Waals surface area contributed by atoms with Gasteiger partial charge in [-0.2, -0.15) is 0 Å². The normalized spacial score (nSPS) is 14.5. The maximum atomic E-state index is 11.7. The van der Waals surface area contributed by atoms with Crippen LogP contribution in [-0.2, 0) is 28.7 Å². The van der Waals surface area contributed by atoms with Gasteiger partial charge < -0.3 is 9.47 Å². The van der Waals surface area contributed by atoms with Crippen LogP contribution in [0.1, 0.15) is 26.7 Å². The summed E-state index contributed by atoms with van der Waals surface area (Å²) in [5, 5.41) is 0. The fourth-order valence-corrected chi connectivity index (χ4v) is 1.42. The van der Waals surface area contributed by atoms with E-state index in [1.807, 2.05) is 0 Å². The molecule has 0 saturated heterocycles. The lowest BCUT2D eigenvalue weighted by molar-refractivity contribution is -0.142. The summed E-state index contributed by atoms with van der Waals surface area (Å²) in [6, 6.07) is 0. The van der Waals surface area contributed by atoms with Crippen LogP contribution >= 0.6 is 0 Å². The van der Waals surface area contributed by atoms with Gasteiger partial charge in [0.05, 0.1) is 13.2 Å². The van der Waals surface area contributed by atoms with Crippen LogP contribution in [0.4, 0.5) is 0 Å². The van der Waals surface area contributed by atoms with Crippen LogP contribution in [0.3, 0.4) is 0 Å². The van der Waals surface area contributed by atoms with Gasteiger partial charge in [0.2, 0.25) is 0 Å².